The summed E-state index contributed by atoms with van der Waals surface area (Å²) in [6.07, 6.45) is 7.59. The molecule has 0 aliphatic heterocycles. The third-order valence-corrected chi connectivity index (χ3v) is 3.95. The zero-order valence-electron chi connectivity index (χ0n) is 11.6. The van der Waals surface area contributed by atoms with E-state index in [1.54, 1.807) is 6.26 Å². The van der Waals surface area contributed by atoms with E-state index in [-0.39, 0.29) is 23.9 Å². The Balaban J connectivity index is 1.74. The minimum atomic E-state index is -0.000173. The van der Waals surface area contributed by atoms with Crippen LogP contribution in [-0.2, 0) is 11.2 Å². The van der Waals surface area contributed by atoms with Gasteiger partial charge in [0, 0.05) is 18.5 Å². The van der Waals surface area contributed by atoms with Crippen molar-refractivity contribution in [3.8, 4) is 0 Å². The fourth-order valence-electron chi connectivity index (χ4n) is 2.72. The molecular weight excluding hydrogens is 240 g/mol. The van der Waals surface area contributed by atoms with Gasteiger partial charge >= 0.3 is 0 Å². The lowest BCUT2D eigenvalue weighted by atomic mass is 9.84. The molecule has 2 rings (SSSR count). The predicted molar refractivity (Wildman–Crippen MR) is 74.6 cm³/mol. The molecule has 0 aromatic carbocycles. The van der Waals surface area contributed by atoms with Crippen LogP contribution in [0.15, 0.2) is 22.8 Å². The van der Waals surface area contributed by atoms with Crippen molar-refractivity contribution in [3.05, 3.63) is 24.2 Å². The summed E-state index contributed by atoms with van der Waals surface area (Å²) in [5, 5.41) is 3.08. The predicted octanol–water partition coefficient (Wildman–Crippen LogP) is 2.23. The Morgan fingerprint density at radius 2 is 2.32 bits per heavy atom. The molecule has 0 saturated heterocycles. The molecule has 1 amide bonds. The molecule has 1 aliphatic carbocycles. The molecule has 4 heteroatoms. The van der Waals surface area contributed by atoms with Gasteiger partial charge in [0.2, 0.25) is 5.91 Å². The first-order valence-electron chi connectivity index (χ1n) is 7.25. The first kappa shape index (κ1) is 14.1. The van der Waals surface area contributed by atoms with Gasteiger partial charge < -0.3 is 15.5 Å². The van der Waals surface area contributed by atoms with Crippen molar-refractivity contribution in [2.24, 2.45) is 11.7 Å². The van der Waals surface area contributed by atoms with Gasteiger partial charge in [-0.3, -0.25) is 4.79 Å². The number of carbonyl (C=O) groups is 1. The zero-order valence-corrected chi connectivity index (χ0v) is 11.6. The number of nitrogens with two attached hydrogens (primary N) is 1. The van der Waals surface area contributed by atoms with Crippen LogP contribution >= 0.6 is 0 Å². The summed E-state index contributed by atoms with van der Waals surface area (Å²) in [7, 11) is 0. The summed E-state index contributed by atoms with van der Waals surface area (Å²) in [6.45, 7) is 2.04. The lowest BCUT2D eigenvalue weighted by Crippen LogP contribution is -2.46. The van der Waals surface area contributed by atoms with Crippen LogP contribution < -0.4 is 11.1 Å². The highest BCUT2D eigenvalue weighted by molar-refractivity contribution is 5.79. The van der Waals surface area contributed by atoms with Gasteiger partial charge in [0.05, 0.1) is 12.2 Å². The molecule has 1 heterocycles. The fraction of sp³-hybridized carbons (Fsp3) is 0.667. The first-order valence-corrected chi connectivity index (χ1v) is 7.25. The number of nitrogens with one attached hydrogen (secondary N) is 1. The molecule has 3 unspecified atom stereocenters. The molecule has 1 aliphatic rings. The second-order valence-electron chi connectivity index (χ2n) is 5.58. The van der Waals surface area contributed by atoms with Gasteiger partial charge in [0.1, 0.15) is 5.76 Å². The number of amides is 1. The molecule has 0 radical (unpaired) electrons. The van der Waals surface area contributed by atoms with Gasteiger partial charge in [-0.05, 0) is 38.3 Å². The summed E-state index contributed by atoms with van der Waals surface area (Å²) in [4.78, 5) is 12.2. The number of carbonyl (C=O) groups excluding carboxylic acids is 1. The second-order valence-corrected chi connectivity index (χ2v) is 5.58. The van der Waals surface area contributed by atoms with E-state index in [1.807, 2.05) is 19.1 Å². The largest absolute Gasteiger partial charge is 0.469 e. The molecule has 0 bridgehead atoms. The second kappa shape index (κ2) is 6.75. The highest BCUT2D eigenvalue weighted by Crippen LogP contribution is 2.23. The van der Waals surface area contributed by atoms with Crippen LogP contribution in [0, 0.1) is 5.92 Å². The maximum atomic E-state index is 12.2. The molecule has 19 heavy (non-hydrogen) atoms. The van der Waals surface area contributed by atoms with Gasteiger partial charge in [0.25, 0.3) is 0 Å². The van der Waals surface area contributed by atoms with Crippen LogP contribution in [0.1, 0.15) is 44.8 Å². The van der Waals surface area contributed by atoms with Crippen LogP contribution in [-0.4, -0.2) is 18.0 Å². The Bertz CT molecular complexity index is 389. The van der Waals surface area contributed by atoms with Crippen LogP contribution in [0.2, 0.25) is 0 Å². The molecule has 4 nitrogen and oxygen atoms in total. The number of furan rings is 1. The summed E-state index contributed by atoms with van der Waals surface area (Å²) in [6, 6.07) is 4.04. The number of aryl methyl sites for hydroxylation is 1. The number of hydrogen-bond donors (Lipinski definition) is 2. The fourth-order valence-corrected chi connectivity index (χ4v) is 2.72. The van der Waals surface area contributed by atoms with Gasteiger partial charge in [-0.25, -0.2) is 0 Å². The van der Waals surface area contributed by atoms with Crippen molar-refractivity contribution in [1.82, 2.24) is 5.32 Å². The Labute approximate surface area is 114 Å². The normalized spacial score (nSPS) is 24.9. The van der Waals surface area contributed by atoms with Gasteiger partial charge in [-0.15, -0.1) is 0 Å². The van der Waals surface area contributed by atoms with E-state index in [4.69, 9.17) is 10.2 Å². The molecule has 1 fully saturated rings. The van der Waals surface area contributed by atoms with Crippen molar-refractivity contribution in [1.29, 1.82) is 0 Å². The summed E-state index contributed by atoms with van der Waals surface area (Å²) in [5.41, 5.74) is 6.03. The van der Waals surface area contributed by atoms with Crippen LogP contribution in [0.5, 0.6) is 0 Å². The molecule has 1 aromatic rings. The van der Waals surface area contributed by atoms with E-state index in [1.165, 1.54) is 0 Å². The number of rotatable bonds is 5. The molecule has 3 atom stereocenters. The third-order valence-electron chi connectivity index (χ3n) is 3.95. The van der Waals surface area contributed by atoms with Gasteiger partial charge in [0.15, 0.2) is 0 Å². The van der Waals surface area contributed by atoms with Crippen molar-refractivity contribution in [2.75, 3.05) is 0 Å². The molecule has 106 valence electrons. The van der Waals surface area contributed by atoms with E-state index in [0.717, 1.165) is 44.3 Å². The smallest absolute Gasteiger partial charge is 0.224 e. The first-order chi connectivity index (χ1) is 9.16. The lowest BCUT2D eigenvalue weighted by Gasteiger charge is -2.28. The monoisotopic (exact) mass is 264 g/mol. The van der Waals surface area contributed by atoms with E-state index >= 15 is 0 Å². The third kappa shape index (κ3) is 4.10. The van der Waals surface area contributed by atoms with Gasteiger partial charge in [-0.1, -0.05) is 12.8 Å². The van der Waals surface area contributed by atoms with Crippen molar-refractivity contribution in [2.45, 2.75) is 57.5 Å². The average molecular weight is 264 g/mol. The van der Waals surface area contributed by atoms with E-state index < -0.39 is 0 Å². The van der Waals surface area contributed by atoms with Crippen LogP contribution in [0.4, 0.5) is 0 Å². The summed E-state index contributed by atoms with van der Waals surface area (Å²) < 4.78 is 5.29. The topological polar surface area (TPSA) is 68.3 Å². The number of hydrogen-bond acceptors (Lipinski definition) is 3. The highest BCUT2D eigenvalue weighted by Gasteiger charge is 2.28. The van der Waals surface area contributed by atoms with Crippen LogP contribution in [0.25, 0.3) is 0 Å². The van der Waals surface area contributed by atoms with E-state index in [9.17, 15) is 4.79 Å². The van der Waals surface area contributed by atoms with Crippen molar-refractivity contribution >= 4 is 5.91 Å². The Morgan fingerprint density at radius 1 is 1.53 bits per heavy atom. The molecule has 3 N–H and O–H groups in total. The molecule has 1 saturated carbocycles. The summed E-state index contributed by atoms with van der Waals surface area (Å²) in [5.74, 6) is 1.09. The summed E-state index contributed by atoms with van der Waals surface area (Å²) >= 11 is 0. The van der Waals surface area contributed by atoms with E-state index in [2.05, 4.69) is 5.32 Å². The lowest BCUT2D eigenvalue weighted by molar-refractivity contribution is -0.127. The SMILES string of the molecule is CC(CCc1ccco1)NC(=O)C1CCCCC1N. The zero-order chi connectivity index (χ0) is 13.7. The van der Waals surface area contributed by atoms with Crippen molar-refractivity contribution < 1.29 is 9.21 Å². The van der Waals surface area contributed by atoms with E-state index in [0.29, 0.717) is 0 Å². The molecule has 1 aromatic heterocycles. The standard InChI is InChI=1S/C15H24N2O2/c1-11(8-9-12-5-4-10-19-12)17-15(18)13-6-2-3-7-14(13)16/h4-5,10-11,13-14H,2-3,6-9,16H2,1H3,(H,17,18). The Hall–Kier alpha value is -1.29. The minimum absolute atomic E-state index is 0.000173. The molecule has 0 spiro atoms. The maximum absolute atomic E-state index is 12.2. The average Bonchev–Trinajstić information content (AvgIpc) is 2.90. The molecular formula is C15H24N2O2. The van der Waals surface area contributed by atoms with Crippen molar-refractivity contribution in [3.63, 3.8) is 0 Å². The quantitative estimate of drug-likeness (QED) is 0.857. The highest BCUT2D eigenvalue weighted by atomic mass is 16.3. The minimum Gasteiger partial charge on any atom is -0.469 e. The van der Waals surface area contributed by atoms with Crippen LogP contribution in [0.3, 0.4) is 0 Å². The maximum Gasteiger partial charge on any atom is 0.224 e. The Kier molecular flexibility index (Phi) is 5.02. The van der Waals surface area contributed by atoms with Gasteiger partial charge in [-0.2, -0.15) is 0 Å². The Morgan fingerprint density at radius 3 is 3.00 bits per heavy atom.